The Balaban J connectivity index is 2.17. The molecule has 804 valence electrons. The molecular weight excluding hydrogens is 1910 g/mol. The topological polar surface area (TPSA) is 864 Å². The van der Waals surface area contributed by atoms with Crippen LogP contribution in [0.1, 0.15) is 127 Å². The molecule has 25 atom stereocenters. The molecule has 57 heteroatoms. The molecule has 0 amide bonds. The lowest BCUT2D eigenvalue weighted by atomic mass is 9.93. The first-order valence-corrected chi connectivity index (χ1v) is 43.7. The number of aliphatic hydroxyl groups is 20. The van der Waals surface area contributed by atoms with Crippen LogP contribution in [0.4, 0.5) is 0 Å². The molecule has 4 aliphatic rings. The third-order valence-corrected chi connectivity index (χ3v) is 20.2. The number of hydrogen-bond acceptors (Lipinski definition) is 57. The van der Waals surface area contributed by atoms with E-state index >= 15 is 14.4 Å². The molecule has 0 aromatic heterocycles. The van der Waals surface area contributed by atoms with E-state index in [9.17, 15) is 149 Å². The Morgan fingerprint density at radius 3 is 1.10 bits per heavy atom. The lowest BCUT2D eigenvalue weighted by Crippen LogP contribution is -2.57. The maximum atomic E-state index is 15.4. The lowest BCUT2D eigenvalue weighted by molar-refractivity contribution is -0.219. The van der Waals surface area contributed by atoms with Gasteiger partial charge in [-0.25, -0.2) is 24.0 Å². The zero-order valence-corrected chi connectivity index (χ0v) is 78.1. The first-order chi connectivity index (χ1) is 65.1. The summed E-state index contributed by atoms with van der Waals surface area (Å²) in [4.78, 5) is 217. The number of esters is 15. The molecule has 4 saturated heterocycles. The summed E-state index contributed by atoms with van der Waals surface area (Å²) in [6, 6.07) is 0. The zero-order chi connectivity index (χ0) is 106. The van der Waals surface area contributed by atoms with Crippen molar-refractivity contribution in [3.05, 3.63) is 0 Å². The Morgan fingerprint density at radius 1 is 0.357 bits per heavy atom. The van der Waals surface area contributed by atoms with Crippen LogP contribution in [0.2, 0.25) is 0 Å². The maximum absolute atomic E-state index is 15.4. The predicted molar refractivity (Wildman–Crippen MR) is 441 cm³/mol. The Labute approximate surface area is 797 Å². The quantitative estimate of drug-likeness (QED) is 0.0174. The number of hydrogen-bond donors (Lipinski definition) is 20. The Kier molecular flexibility index (Phi) is 50.6. The fourth-order valence-electron chi connectivity index (χ4n) is 12.9. The molecule has 4 rings (SSSR count). The van der Waals surface area contributed by atoms with Crippen LogP contribution in [0.5, 0.6) is 0 Å². The number of fused-ring (bicyclic) bond motifs is 12. The molecule has 140 heavy (non-hydrogen) atoms. The van der Waals surface area contributed by atoms with Crippen molar-refractivity contribution in [2.45, 2.75) is 294 Å². The Hall–Kier alpha value is -9.03. The molecule has 57 nitrogen and oxygen atoms in total. The fraction of sp³-hybridized carbons (Fsp3) is 0.819. The van der Waals surface area contributed by atoms with Gasteiger partial charge in [0.2, 0.25) is 0 Å². The van der Waals surface area contributed by atoms with Crippen LogP contribution in [0.25, 0.3) is 0 Å². The smallest absolute Gasteiger partial charge is 0.339 e. The Bertz CT molecular complexity index is 4000. The SMILES string of the molecule is CC(C)OC[C@@H](O)[C@@H](O)[C@@H]1OC(=O)C(O)(CC(=O)OCCOCCOCCO)CC(=O)OC[C@H](O)[C@@H](O)[C@@H]2OC(=O)C(O)(CC(=O)OC[C@@H]1O)CC(=O)O[C@H]1[C@@H]3OC(=O)C(O)(CC(=O)OC[C@@H](O)[C@@H](O)[C@@H]([C@@H](O)COC(C)(C)C)OC(=O)CC(O)(CC(=O)OC[C@H]2O)C(=O)OC[C@@H]1O)CC(=O)OC[C@H](O)[C@H]([C@H](OC(C)(C)C)[C@@H](C)O)OC(=O)C(O)(CC(=O)OCCOCCOCCO)CC(=O)OC[C@H]3O. The van der Waals surface area contributed by atoms with Crippen LogP contribution < -0.4 is 0 Å². The van der Waals surface area contributed by atoms with Gasteiger partial charge in [-0.2, -0.15) is 0 Å². The van der Waals surface area contributed by atoms with Crippen molar-refractivity contribution < 1.29 is 278 Å². The van der Waals surface area contributed by atoms with E-state index in [4.69, 9.17) is 114 Å². The predicted octanol–water partition coefficient (Wildman–Crippen LogP) is -12.9. The van der Waals surface area contributed by atoms with E-state index in [2.05, 4.69) is 0 Å². The molecule has 4 heterocycles. The summed E-state index contributed by atoms with van der Waals surface area (Å²) in [5.74, 6) is -31.9. The van der Waals surface area contributed by atoms with Gasteiger partial charge in [-0.05, 0) is 62.3 Å². The van der Waals surface area contributed by atoms with E-state index in [-0.39, 0.29) is 52.9 Å². The highest BCUT2D eigenvalue weighted by molar-refractivity contribution is 5.94. The highest BCUT2D eigenvalue weighted by atomic mass is 16.7. The summed E-state index contributed by atoms with van der Waals surface area (Å²) in [6.07, 6.45) is -76.6. The van der Waals surface area contributed by atoms with E-state index in [1.54, 1.807) is 0 Å². The molecule has 0 spiro atoms. The van der Waals surface area contributed by atoms with Crippen LogP contribution in [-0.4, -0.2) is 498 Å². The zero-order valence-electron chi connectivity index (χ0n) is 78.1. The van der Waals surface area contributed by atoms with E-state index in [0.29, 0.717) is 0 Å². The minimum atomic E-state index is -4.25. The van der Waals surface area contributed by atoms with E-state index in [1.165, 1.54) is 55.4 Å². The van der Waals surface area contributed by atoms with Crippen molar-refractivity contribution in [2.24, 2.45) is 0 Å². The van der Waals surface area contributed by atoms with Crippen LogP contribution in [-0.2, 0) is 176 Å². The summed E-state index contributed by atoms with van der Waals surface area (Å²) in [5.41, 5.74) is -22.3. The summed E-state index contributed by atoms with van der Waals surface area (Å²) in [7, 11) is 0. The molecule has 6 bridgehead atoms. The van der Waals surface area contributed by atoms with Crippen molar-refractivity contribution in [1.29, 1.82) is 0 Å². The monoisotopic (exact) mass is 2040 g/mol. The first kappa shape index (κ1) is 123. The highest BCUT2D eigenvalue weighted by Gasteiger charge is 2.56. The molecule has 20 N–H and O–H groups in total. The fourth-order valence-corrected chi connectivity index (χ4v) is 12.9. The third kappa shape index (κ3) is 41.4. The molecule has 0 aliphatic carbocycles. The summed E-state index contributed by atoms with van der Waals surface area (Å²) < 4.78 is 116. The maximum Gasteiger partial charge on any atom is 0.339 e. The van der Waals surface area contributed by atoms with Crippen LogP contribution in [0, 0.1) is 0 Å². The van der Waals surface area contributed by atoms with E-state index in [1.807, 2.05) is 0 Å². The Morgan fingerprint density at radius 2 is 0.693 bits per heavy atom. The van der Waals surface area contributed by atoms with Gasteiger partial charge in [-0.15, -0.1) is 0 Å². The van der Waals surface area contributed by atoms with Crippen LogP contribution in [0.3, 0.4) is 0 Å². The van der Waals surface area contributed by atoms with Gasteiger partial charge in [0.1, 0.15) is 139 Å². The summed E-state index contributed by atoms with van der Waals surface area (Å²) in [5, 5.41) is 233. The molecule has 0 saturated carbocycles. The number of aliphatic hydroxyl groups excluding tert-OH is 15. The number of cyclic esters (lactones) is 9. The molecule has 0 radical (unpaired) electrons. The largest absolute Gasteiger partial charge is 0.463 e. The van der Waals surface area contributed by atoms with Gasteiger partial charge in [0.05, 0.1) is 167 Å². The van der Waals surface area contributed by atoms with Gasteiger partial charge >= 0.3 is 89.5 Å². The average Bonchev–Trinajstić information content (AvgIpc) is 0.908. The van der Waals surface area contributed by atoms with Crippen LogP contribution in [0.15, 0.2) is 0 Å². The minimum Gasteiger partial charge on any atom is -0.463 e. The normalized spacial score (nSPS) is 31.8. The summed E-state index contributed by atoms with van der Waals surface area (Å²) in [6.45, 7) is -6.02. The van der Waals surface area contributed by atoms with Crippen molar-refractivity contribution in [3.63, 3.8) is 0 Å². The second-order valence-corrected chi connectivity index (χ2v) is 35.2. The second-order valence-electron chi connectivity index (χ2n) is 35.2. The molecule has 4 aliphatic heterocycles. The van der Waals surface area contributed by atoms with E-state index < -0.39 is 407 Å². The van der Waals surface area contributed by atoms with E-state index in [0.717, 1.165) is 6.92 Å². The van der Waals surface area contributed by atoms with Gasteiger partial charge in [0.25, 0.3) is 0 Å². The number of carbonyl (C=O) groups excluding carboxylic acids is 15. The number of rotatable bonds is 31. The van der Waals surface area contributed by atoms with Crippen LogP contribution >= 0.6 is 0 Å². The standard InChI is InChI=1S/C83H130O57/c1-41(2)125-32-43(87)63(107)67-46(90)36-129-59(103)29-83(118)31-61(105)135-70-50(94)39-132-72(109)79(114,24-54(98)128-35-47(91)68(137-74(83)111)64(108)45(89)34-127-55(99)25-80(115,73(110)136-67)22-52(96)123-20-18-121-16-14-119-12-10-84)30-60(104)134-66(51(95)40-133-77(4,5)6)62(106)44(88)33-126-56(100)26-82(117)28-58(102)130-37-48(92)69(65(42(3)86)140-78(7,8)9)138-75(112)81(116,23-53(97)124-21-19-122-17-15-120-13-11-85)27-57(101)131-38-49(93)71(70)139-76(82)113/h41-51,62-71,84-95,106-108,114-118H,10-40H2,1-9H3/t42-,43-,44-,45+,46+,47-,48+,49-,50+,51+,62-,63-,64-,65-,66-,67-,68-,69-,70-,71-,79?,80?,81?,82?,83?/m1/s1. The van der Waals surface area contributed by atoms with Gasteiger partial charge < -0.3 is 206 Å². The molecule has 0 aromatic rings. The summed E-state index contributed by atoms with van der Waals surface area (Å²) >= 11 is 0. The molecule has 0 aromatic carbocycles. The van der Waals surface area contributed by atoms with Gasteiger partial charge in [0, 0.05) is 0 Å². The van der Waals surface area contributed by atoms with Gasteiger partial charge in [0.15, 0.2) is 64.6 Å². The van der Waals surface area contributed by atoms with Gasteiger partial charge in [-0.3, -0.25) is 47.9 Å². The molecule has 5 unspecified atom stereocenters. The average molecular weight is 2040 g/mol. The van der Waals surface area contributed by atoms with Crippen molar-refractivity contribution in [3.8, 4) is 0 Å². The molecular formula is C83H130O57. The second kappa shape index (κ2) is 57.5. The number of ether oxygens (including phenoxy) is 22. The van der Waals surface area contributed by atoms with Crippen molar-refractivity contribution in [1.82, 2.24) is 0 Å². The van der Waals surface area contributed by atoms with Crippen molar-refractivity contribution >= 4 is 89.5 Å². The van der Waals surface area contributed by atoms with Crippen molar-refractivity contribution in [2.75, 3.05) is 139 Å². The third-order valence-electron chi connectivity index (χ3n) is 20.2. The first-order valence-electron chi connectivity index (χ1n) is 43.7. The lowest BCUT2D eigenvalue weighted by Gasteiger charge is -2.38. The molecule has 4 fully saturated rings. The minimum absolute atomic E-state index is 0.0753. The van der Waals surface area contributed by atoms with Gasteiger partial charge in [-0.1, -0.05) is 0 Å². The highest BCUT2D eigenvalue weighted by Crippen LogP contribution is 2.34. The number of carbonyl (C=O) groups is 15.